The highest BCUT2D eigenvalue weighted by molar-refractivity contribution is 6.04. The third-order valence-electron chi connectivity index (χ3n) is 2.67. The molecule has 0 aliphatic heterocycles. The van der Waals surface area contributed by atoms with Gasteiger partial charge in [-0.25, -0.2) is 0 Å². The number of anilines is 2. The van der Waals surface area contributed by atoms with Crippen molar-refractivity contribution in [3.63, 3.8) is 0 Å². The van der Waals surface area contributed by atoms with Crippen molar-refractivity contribution in [2.75, 3.05) is 24.3 Å². The molecular formula is C15H16N2O2. The normalized spacial score (nSPS) is 10.6. The fraction of sp³-hybridized carbons (Fsp3) is 0.133. The highest BCUT2D eigenvalue weighted by Crippen LogP contribution is 2.15. The van der Waals surface area contributed by atoms with Gasteiger partial charge in [0.15, 0.2) is 5.78 Å². The maximum absolute atomic E-state index is 11.6. The number of hydrogen-bond donors (Lipinski definition) is 1. The van der Waals surface area contributed by atoms with E-state index in [4.69, 9.17) is 4.42 Å². The smallest absolute Gasteiger partial charge is 0.190 e. The van der Waals surface area contributed by atoms with Crippen LogP contribution in [0.4, 0.5) is 11.4 Å². The summed E-state index contributed by atoms with van der Waals surface area (Å²) in [5.74, 6) is -0.0915. The van der Waals surface area contributed by atoms with E-state index in [2.05, 4.69) is 5.32 Å². The van der Waals surface area contributed by atoms with Crippen LogP contribution in [-0.2, 0) is 0 Å². The summed E-state index contributed by atoms with van der Waals surface area (Å²) in [6, 6.07) is 9.57. The highest BCUT2D eigenvalue weighted by Gasteiger charge is 2.01. The zero-order chi connectivity index (χ0) is 13.7. The first-order chi connectivity index (χ1) is 9.16. The van der Waals surface area contributed by atoms with Gasteiger partial charge in [-0.3, -0.25) is 4.79 Å². The molecule has 0 unspecified atom stereocenters. The first kappa shape index (κ1) is 13.0. The Balaban J connectivity index is 1.93. The molecule has 0 atom stereocenters. The fourth-order valence-corrected chi connectivity index (χ4v) is 1.57. The van der Waals surface area contributed by atoms with Gasteiger partial charge in [0.05, 0.1) is 11.8 Å². The van der Waals surface area contributed by atoms with Crippen LogP contribution in [0.1, 0.15) is 10.4 Å². The quantitative estimate of drug-likeness (QED) is 0.659. The van der Waals surface area contributed by atoms with E-state index in [-0.39, 0.29) is 5.78 Å². The zero-order valence-corrected chi connectivity index (χ0v) is 11.0. The number of benzene rings is 1. The number of ketones is 1. The van der Waals surface area contributed by atoms with Gasteiger partial charge in [0.1, 0.15) is 6.26 Å². The van der Waals surface area contributed by atoms with Crippen LogP contribution in [0.15, 0.2) is 59.6 Å². The molecule has 0 fully saturated rings. The van der Waals surface area contributed by atoms with Crippen molar-refractivity contribution in [2.24, 2.45) is 0 Å². The van der Waals surface area contributed by atoms with Crippen LogP contribution in [0.2, 0.25) is 0 Å². The molecule has 2 aromatic rings. The van der Waals surface area contributed by atoms with Crippen molar-refractivity contribution >= 4 is 17.2 Å². The molecule has 19 heavy (non-hydrogen) atoms. The van der Waals surface area contributed by atoms with E-state index in [0.29, 0.717) is 5.56 Å². The molecule has 1 N–H and O–H groups in total. The van der Waals surface area contributed by atoms with Crippen molar-refractivity contribution < 1.29 is 9.21 Å². The van der Waals surface area contributed by atoms with Gasteiger partial charge in [0.25, 0.3) is 0 Å². The third-order valence-corrected chi connectivity index (χ3v) is 2.67. The van der Waals surface area contributed by atoms with E-state index < -0.39 is 0 Å². The fourth-order valence-electron chi connectivity index (χ4n) is 1.57. The maximum Gasteiger partial charge on any atom is 0.190 e. The Morgan fingerprint density at radius 2 is 1.95 bits per heavy atom. The minimum atomic E-state index is -0.0915. The second-order valence-corrected chi connectivity index (χ2v) is 4.30. The van der Waals surface area contributed by atoms with Crippen molar-refractivity contribution in [3.8, 4) is 0 Å². The third kappa shape index (κ3) is 3.48. The van der Waals surface area contributed by atoms with Gasteiger partial charge < -0.3 is 14.6 Å². The topological polar surface area (TPSA) is 45.5 Å². The number of nitrogens with one attached hydrogen (secondary N) is 1. The van der Waals surface area contributed by atoms with Crippen LogP contribution in [0.5, 0.6) is 0 Å². The molecule has 0 aliphatic carbocycles. The number of nitrogens with zero attached hydrogens (tertiary/aromatic N) is 1. The van der Waals surface area contributed by atoms with E-state index in [1.54, 1.807) is 12.3 Å². The molecule has 0 spiro atoms. The number of furan rings is 1. The van der Waals surface area contributed by atoms with Gasteiger partial charge in [-0.05, 0) is 30.3 Å². The van der Waals surface area contributed by atoms with Crippen LogP contribution >= 0.6 is 0 Å². The van der Waals surface area contributed by atoms with Crippen LogP contribution in [0.3, 0.4) is 0 Å². The van der Waals surface area contributed by atoms with Gasteiger partial charge >= 0.3 is 0 Å². The van der Waals surface area contributed by atoms with Gasteiger partial charge in [-0.1, -0.05) is 0 Å². The van der Waals surface area contributed by atoms with Crippen LogP contribution in [0, 0.1) is 0 Å². The standard InChI is InChI=1S/C15H16N2O2/c1-17(2)14-5-3-13(4-6-14)16-9-7-15(18)12-8-10-19-11-12/h3-11,16H,1-2H3/b9-7-. The van der Waals surface area contributed by atoms with E-state index in [1.165, 1.54) is 18.6 Å². The first-order valence-electron chi connectivity index (χ1n) is 5.94. The molecule has 1 aromatic carbocycles. The van der Waals surface area contributed by atoms with Crippen LogP contribution < -0.4 is 10.2 Å². The Morgan fingerprint density at radius 3 is 2.53 bits per heavy atom. The number of carbonyl (C=O) groups is 1. The SMILES string of the molecule is CN(C)c1ccc(N/C=C\C(=O)c2ccoc2)cc1. The lowest BCUT2D eigenvalue weighted by Gasteiger charge is -2.12. The lowest BCUT2D eigenvalue weighted by molar-refractivity contribution is 0.104. The Labute approximate surface area is 112 Å². The summed E-state index contributed by atoms with van der Waals surface area (Å²) >= 11 is 0. The first-order valence-corrected chi connectivity index (χ1v) is 5.94. The average Bonchev–Trinajstić information content (AvgIpc) is 2.93. The van der Waals surface area contributed by atoms with E-state index in [1.807, 2.05) is 43.3 Å². The minimum absolute atomic E-state index is 0.0915. The lowest BCUT2D eigenvalue weighted by Crippen LogP contribution is -2.08. The summed E-state index contributed by atoms with van der Waals surface area (Å²) in [5.41, 5.74) is 2.60. The molecule has 0 bridgehead atoms. The summed E-state index contributed by atoms with van der Waals surface area (Å²) < 4.78 is 4.86. The lowest BCUT2D eigenvalue weighted by atomic mass is 10.2. The Morgan fingerprint density at radius 1 is 1.21 bits per heavy atom. The molecule has 98 valence electrons. The monoisotopic (exact) mass is 256 g/mol. The molecule has 1 heterocycles. The minimum Gasteiger partial charge on any atom is -0.472 e. The van der Waals surface area contributed by atoms with E-state index in [0.717, 1.165) is 11.4 Å². The molecule has 1 aromatic heterocycles. The zero-order valence-electron chi connectivity index (χ0n) is 11.0. The number of rotatable bonds is 5. The van der Waals surface area contributed by atoms with Crippen molar-refractivity contribution in [2.45, 2.75) is 0 Å². The molecule has 0 amide bonds. The average molecular weight is 256 g/mol. The van der Waals surface area contributed by atoms with Crippen LogP contribution in [-0.4, -0.2) is 19.9 Å². The Hall–Kier alpha value is -2.49. The molecule has 0 saturated heterocycles. The molecule has 4 heteroatoms. The van der Waals surface area contributed by atoms with Crippen molar-refractivity contribution in [3.05, 3.63) is 60.7 Å². The Kier molecular flexibility index (Phi) is 4.03. The van der Waals surface area contributed by atoms with E-state index in [9.17, 15) is 4.79 Å². The molecule has 4 nitrogen and oxygen atoms in total. The predicted molar refractivity (Wildman–Crippen MR) is 76.6 cm³/mol. The molecule has 0 radical (unpaired) electrons. The second kappa shape index (κ2) is 5.91. The van der Waals surface area contributed by atoms with Crippen molar-refractivity contribution in [1.29, 1.82) is 0 Å². The van der Waals surface area contributed by atoms with E-state index >= 15 is 0 Å². The number of carbonyl (C=O) groups excluding carboxylic acids is 1. The van der Waals surface area contributed by atoms with Gasteiger partial charge in [-0.15, -0.1) is 0 Å². The summed E-state index contributed by atoms with van der Waals surface area (Å²) in [5, 5.41) is 3.05. The molecule has 2 rings (SSSR count). The molecule has 0 saturated carbocycles. The summed E-state index contributed by atoms with van der Waals surface area (Å²) in [6.07, 6.45) is 6.01. The van der Waals surface area contributed by atoms with Gasteiger partial charge in [-0.2, -0.15) is 0 Å². The van der Waals surface area contributed by atoms with Crippen molar-refractivity contribution in [1.82, 2.24) is 0 Å². The highest BCUT2D eigenvalue weighted by atomic mass is 16.3. The summed E-state index contributed by atoms with van der Waals surface area (Å²) in [7, 11) is 3.98. The molecular weight excluding hydrogens is 240 g/mol. The second-order valence-electron chi connectivity index (χ2n) is 4.30. The Bertz CT molecular complexity index is 554. The van der Waals surface area contributed by atoms with Gasteiger partial charge in [0.2, 0.25) is 0 Å². The number of hydrogen-bond acceptors (Lipinski definition) is 4. The largest absolute Gasteiger partial charge is 0.472 e. The summed E-state index contributed by atoms with van der Waals surface area (Å²) in [4.78, 5) is 13.7. The predicted octanol–water partition coefficient (Wildman–Crippen LogP) is 3.15. The summed E-state index contributed by atoms with van der Waals surface area (Å²) in [6.45, 7) is 0. The van der Waals surface area contributed by atoms with Gasteiger partial charge in [0, 0.05) is 37.7 Å². The maximum atomic E-state index is 11.6. The molecule has 0 aliphatic rings. The number of allylic oxidation sites excluding steroid dienone is 1. The van der Waals surface area contributed by atoms with Crippen LogP contribution in [0.25, 0.3) is 0 Å².